The van der Waals surface area contributed by atoms with Gasteiger partial charge in [-0.05, 0) is 30.4 Å². The van der Waals surface area contributed by atoms with Crippen molar-refractivity contribution in [3.8, 4) is 0 Å². The monoisotopic (exact) mass is 233 g/mol. The van der Waals surface area contributed by atoms with Crippen molar-refractivity contribution in [2.45, 2.75) is 37.6 Å². The number of rotatable bonds is 2. The van der Waals surface area contributed by atoms with Crippen LogP contribution in [0.2, 0.25) is 0 Å². The third-order valence-corrected chi connectivity index (χ3v) is 3.56. The first-order valence-electron chi connectivity index (χ1n) is 6.10. The lowest BCUT2D eigenvalue weighted by molar-refractivity contribution is -0.142. The second-order valence-corrected chi connectivity index (χ2v) is 4.77. The van der Waals surface area contributed by atoms with E-state index in [0.717, 1.165) is 31.2 Å². The Morgan fingerprint density at radius 1 is 1.41 bits per heavy atom. The highest BCUT2D eigenvalue weighted by atomic mass is 16.5. The summed E-state index contributed by atoms with van der Waals surface area (Å²) in [6, 6.07) is 8.18. The number of esters is 1. The zero-order valence-electron chi connectivity index (χ0n) is 10.2. The van der Waals surface area contributed by atoms with Gasteiger partial charge in [-0.15, -0.1) is 0 Å². The summed E-state index contributed by atoms with van der Waals surface area (Å²) in [4.78, 5) is 11.5. The van der Waals surface area contributed by atoms with Gasteiger partial charge in [0.05, 0.1) is 19.1 Å². The van der Waals surface area contributed by atoms with E-state index in [1.165, 1.54) is 12.7 Å². The third-order valence-electron chi connectivity index (χ3n) is 3.56. The Bertz CT molecular complexity index is 416. The molecule has 1 atom stereocenters. The molecule has 1 aliphatic carbocycles. The molecule has 0 bridgehead atoms. The van der Waals surface area contributed by atoms with E-state index in [1.54, 1.807) is 0 Å². The van der Waals surface area contributed by atoms with Gasteiger partial charge in [0.25, 0.3) is 0 Å². The molecular formula is C14H19NO2. The summed E-state index contributed by atoms with van der Waals surface area (Å²) >= 11 is 0. The topological polar surface area (TPSA) is 52.3 Å². The molecule has 1 aromatic rings. The summed E-state index contributed by atoms with van der Waals surface area (Å²) < 4.78 is 4.76. The fourth-order valence-corrected chi connectivity index (χ4v) is 2.63. The number of benzene rings is 1. The van der Waals surface area contributed by atoms with Crippen LogP contribution in [-0.2, 0) is 21.5 Å². The molecule has 0 aliphatic heterocycles. The highest BCUT2D eigenvalue weighted by Crippen LogP contribution is 2.34. The van der Waals surface area contributed by atoms with Crippen LogP contribution in [0.1, 0.15) is 36.8 Å². The second kappa shape index (κ2) is 4.88. The molecule has 0 heterocycles. The molecule has 0 spiro atoms. The van der Waals surface area contributed by atoms with Gasteiger partial charge in [0.15, 0.2) is 0 Å². The number of hydrogen-bond acceptors (Lipinski definition) is 3. The van der Waals surface area contributed by atoms with Crippen LogP contribution in [0.5, 0.6) is 0 Å². The van der Waals surface area contributed by atoms with Gasteiger partial charge in [-0.3, -0.25) is 4.79 Å². The van der Waals surface area contributed by atoms with Crippen molar-refractivity contribution in [1.29, 1.82) is 0 Å². The SMILES string of the molecule is COC(=O)CC1(N)CCCCc2ccccc21. The van der Waals surface area contributed by atoms with E-state index in [4.69, 9.17) is 10.5 Å². The first kappa shape index (κ1) is 12.1. The van der Waals surface area contributed by atoms with Gasteiger partial charge in [0, 0.05) is 0 Å². The fourth-order valence-electron chi connectivity index (χ4n) is 2.63. The minimum atomic E-state index is -0.555. The van der Waals surface area contributed by atoms with E-state index < -0.39 is 5.54 Å². The molecule has 0 fully saturated rings. The van der Waals surface area contributed by atoms with Gasteiger partial charge >= 0.3 is 5.97 Å². The Balaban J connectivity index is 2.36. The quantitative estimate of drug-likeness (QED) is 0.629. The smallest absolute Gasteiger partial charge is 0.307 e. The van der Waals surface area contributed by atoms with Crippen LogP contribution >= 0.6 is 0 Å². The van der Waals surface area contributed by atoms with Gasteiger partial charge in [0.2, 0.25) is 0 Å². The van der Waals surface area contributed by atoms with Crippen molar-refractivity contribution in [2.75, 3.05) is 7.11 Å². The van der Waals surface area contributed by atoms with Crippen molar-refractivity contribution >= 4 is 5.97 Å². The lowest BCUT2D eigenvalue weighted by Gasteiger charge is -2.29. The Morgan fingerprint density at radius 3 is 2.94 bits per heavy atom. The Hall–Kier alpha value is -1.35. The molecule has 3 heteroatoms. The predicted octanol–water partition coefficient (Wildman–Crippen LogP) is 2.13. The van der Waals surface area contributed by atoms with E-state index >= 15 is 0 Å². The molecule has 1 aliphatic rings. The maximum absolute atomic E-state index is 11.5. The molecule has 2 rings (SSSR count). The van der Waals surface area contributed by atoms with E-state index in [-0.39, 0.29) is 12.4 Å². The highest BCUT2D eigenvalue weighted by molar-refractivity contribution is 5.71. The maximum Gasteiger partial charge on any atom is 0.307 e. The number of carbonyl (C=O) groups is 1. The molecule has 92 valence electrons. The Morgan fingerprint density at radius 2 is 2.18 bits per heavy atom. The molecular weight excluding hydrogens is 214 g/mol. The minimum absolute atomic E-state index is 0.232. The summed E-state index contributed by atoms with van der Waals surface area (Å²) in [5.74, 6) is -0.232. The lowest BCUT2D eigenvalue weighted by Crippen LogP contribution is -2.39. The molecule has 17 heavy (non-hydrogen) atoms. The summed E-state index contributed by atoms with van der Waals surface area (Å²) in [6.45, 7) is 0. The molecule has 1 unspecified atom stereocenters. The fraction of sp³-hybridized carbons (Fsp3) is 0.500. The zero-order chi connectivity index (χ0) is 12.3. The molecule has 0 amide bonds. The summed E-state index contributed by atoms with van der Waals surface area (Å²) in [6.07, 6.45) is 4.36. The second-order valence-electron chi connectivity index (χ2n) is 4.77. The third kappa shape index (κ3) is 2.50. The molecule has 1 aromatic carbocycles. The lowest BCUT2D eigenvalue weighted by atomic mass is 9.83. The number of carbonyl (C=O) groups excluding carboxylic acids is 1. The number of aryl methyl sites for hydroxylation is 1. The van der Waals surface area contributed by atoms with E-state index in [0.29, 0.717) is 0 Å². The van der Waals surface area contributed by atoms with Crippen LogP contribution in [0.4, 0.5) is 0 Å². The molecule has 0 radical (unpaired) electrons. The predicted molar refractivity (Wildman–Crippen MR) is 66.5 cm³/mol. The largest absolute Gasteiger partial charge is 0.469 e. The van der Waals surface area contributed by atoms with Crippen molar-refractivity contribution in [1.82, 2.24) is 0 Å². The van der Waals surface area contributed by atoms with Gasteiger partial charge in [-0.1, -0.05) is 30.7 Å². The Kier molecular flexibility index (Phi) is 3.48. The first-order chi connectivity index (χ1) is 8.15. The van der Waals surface area contributed by atoms with Crippen LogP contribution in [0, 0.1) is 0 Å². The minimum Gasteiger partial charge on any atom is -0.469 e. The molecule has 0 saturated carbocycles. The normalized spacial score (nSPS) is 23.6. The number of methoxy groups -OCH3 is 1. The molecule has 2 N–H and O–H groups in total. The Labute approximate surface area is 102 Å². The van der Waals surface area contributed by atoms with E-state index in [9.17, 15) is 4.79 Å². The highest BCUT2D eigenvalue weighted by Gasteiger charge is 2.33. The number of fused-ring (bicyclic) bond motifs is 1. The van der Waals surface area contributed by atoms with Crippen molar-refractivity contribution in [3.63, 3.8) is 0 Å². The van der Waals surface area contributed by atoms with E-state index in [2.05, 4.69) is 6.07 Å². The number of nitrogens with two attached hydrogens (primary N) is 1. The summed E-state index contributed by atoms with van der Waals surface area (Å²) in [5.41, 5.74) is 8.28. The van der Waals surface area contributed by atoms with Crippen LogP contribution in [-0.4, -0.2) is 13.1 Å². The number of ether oxygens (including phenoxy) is 1. The van der Waals surface area contributed by atoms with Crippen molar-refractivity contribution in [3.05, 3.63) is 35.4 Å². The average molecular weight is 233 g/mol. The van der Waals surface area contributed by atoms with Crippen molar-refractivity contribution in [2.24, 2.45) is 5.73 Å². The number of hydrogen-bond donors (Lipinski definition) is 1. The van der Waals surface area contributed by atoms with Gasteiger partial charge in [0.1, 0.15) is 0 Å². The summed E-state index contributed by atoms with van der Waals surface area (Å²) in [7, 11) is 1.41. The van der Waals surface area contributed by atoms with Gasteiger partial charge in [-0.2, -0.15) is 0 Å². The average Bonchev–Trinajstić information content (AvgIpc) is 2.50. The summed E-state index contributed by atoms with van der Waals surface area (Å²) in [5, 5.41) is 0. The first-order valence-corrected chi connectivity index (χ1v) is 6.10. The van der Waals surface area contributed by atoms with Gasteiger partial charge < -0.3 is 10.5 Å². The zero-order valence-corrected chi connectivity index (χ0v) is 10.2. The maximum atomic E-state index is 11.5. The molecule has 0 saturated heterocycles. The molecule has 0 aromatic heterocycles. The van der Waals surface area contributed by atoms with Crippen LogP contribution in [0.15, 0.2) is 24.3 Å². The standard InChI is InChI=1S/C14H19NO2/c1-17-13(16)10-14(15)9-5-4-7-11-6-2-3-8-12(11)14/h2-3,6,8H,4-5,7,9-10,15H2,1H3. The van der Waals surface area contributed by atoms with E-state index in [1.807, 2.05) is 18.2 Å². The van der Waals surface area contributed by atoms with Crippen LogP contribution in [0.3, 0.4) is 0 Å². The van der Waals surface area contributed by atoms with Crippen LogP contribution in [0.25, 0.3) is 0 Å². The van der Waals surface area contributed by atoms with Crippen molar-refractivity contribution < 1.29 is 9.53 Å². The van der Waals surface area contributed by atoms with Crippen LogP contribution < -0.4 is 5.73 Å². The van der Waals surface area contributed by atoms with Gasteiger partial charge in [-0.25, -0.2) is 0 Å². The molecule has 3 nitrogen and oxygen atoms in total.